The van der Waals surface area contributed by atoms with E-state index in [2.05, 4.69) is 10.1 Å². The van der Waals surface area contributed by atoms with Gasteiger partial charge in [-0.05, 0) is 12.8 Å². The number of halogens is 1. The standard InChI is InChI=1S/C10H19FN4/c1-4-15-9(13-7-14-15)5-10(11,6-12)8(2)3/h7-8H,4-6,12H2,1-3H3. The van der Waals surface area contributed by atoms with Gasteiger partial charge in [0.05, 0.1) is 0 Å². The highest BCUT2D eigenvalue weighted by atomic mass is 19.1. The van der Waals surface area contributed by atoms with Crippen molar-refractivity contribution in [2.75, 3.05) is 6.54 Å². The molecule has 0 saturated heterocycles. The van der Waals surface area contributed by atoms with Gasteiger partial charge in [-0.25, -0.2) is 9.37 Å². The molecule has 2 N–H and O–H groups in total. The van der Waals surface area contributed by atoms with Crippen molar-refractivity contribution in [1.82, 2.24) is 14.8 Å². The van der Waals surface area contributed by atoms with E-state index >= 15 is 0 Å². The van der Waals surface area contributed by atoms with Crippen LogP contribution in [0.1, 0.15) is 26.6 Å². The summed E-state index contributed by atoms with van der Waals surface area (Å²) in [5, 5.41) is 4.01. The largest absolute Gasteiger partial charge is 0.328 e. The van der Waals surface area contributed by atoms with E-state index in [1.54, 1.807) is 4.68 Å². The van der Waals surface area contributed by atoms with Crippen molar-refractivity contribution in [2.45, 2.75) is 39.4 Å². The van der Waals surface area contributed by atoms with Crippen LogP contribution < -0.4 is 5.73 Å². The number of alkyl halides is 1. The van der Waals surface area contributed by atoms with Crippen molar-refractivity contribution in [3.05, 3.63) is 12.2 Å². The lowest BCUT2D eigenvalue weighted by atomic mass is 9.89. The smallest absolute Gasteiger partial charge is 0.138 e. The Hall–Kier alpha value is -0.970. The molecule has 1 rings (SSSR count). The Balaban J connectivity index is 2.83. The van der Waals surface area contributed by atoms with Gasteiger partial charge in [0.1, 0.15) is 17.8 Å². The first-order valence-electron chi connectivity index (χ1n) is 5.29. The Labute approximate surface area is 89.7 Å². The predicted molar refractivity (Wildman–Crippen MR) is 57.1 cm³/mol. The Kier molecular flexibility index (Phi) is 3.79. The van der Waals surface area contributed by atoms with E-state index in [0.717, 1.165) is 0 Å². The molecule has 0 bridgehead atoms. The molecule has 1 aromatic heterocycles. The molecule has 0 spiro atoms. The highest BCUT2D eigenvalue weighted by Gasteiger charge is 2.34. The second-order valence-electron chi connectivity index (χ2n) is 4.06. The van der Waals surface area contributed by atoms with Gasteiger partial charge in [-0.3, -0.25) is 4.68 Å². The third-order valence-electron chi connectivity index (χ3n) is 2.82. The maximum absolute atomic E-state index is 14.3. The van der Waals surface area contributed by atoms with Crippen molar-refractivity contribution < 1.29 is 4.39 Å². The molecule has 1 aromatic rings. The molecule has 0 aliphatic carbocycles. The molecule has 4 nitrogen and oxygen atoms in total. The summed E-state index contributed by atoms with van der Waals surface area (Å²) in [6.45, 7) is 6.34. The highest BCUT2D eigenvalue weighted by molar-refractivity contribution is 4.97. The summed E-state index contributed by atoms with van der Waals surface area (Å²) in [5.74, 6) is 0.545. The maximum atomic E-state index is 14.3. The zero-order valence-electron chi connectivity index (χ0n) is 9.57. The Bertz CT molecular complexity index is 310. The van der Waals surface area contributed by atoms with Gasteiger partial charge in [-0.2, -0.15) is 5.10 Å². The lowest BCUT2D eigenvalue weighted by molar-refractivity contribution is 0.106. The van der Waals surface area contributed by atoms with Crippen molar-refractivity contribution >= 4 is 0 Å². The molecule has 0 aliphatic heterocycles. The fraction of sp³-hybridized carbons (Fsp3) is 0.800. The van der Waals surface area contributed by atoms with E-state index in [-0.39, 0.29) is 18.9 Å². The van der Waals surface area contributed by atoms with Crippen LogP contribution in [0.4, 0.5) is 4.39 Å². The van der Waals surface area contributed by atoms with Crippen LogP contribution in [0.3, 0.4) is 0 Å². The van der Waals surface area contributed by atoms with Crippen molar-refractivity contribution in [3.8, 4) is 0 Å². The van der Waals surface area contributed by atoms with Crippen LogP contribution in [-0.4, -0.2) is 27.0 Å². The van der Waals surface area contributed by atoms with E-state index in [4.69, 9.17) is 5.73 Å². The fourth-order valence-electron chi connectivity index (χ4n) is 1.46. The molecule has 0 amide bonds. The molecular formula is C10H19FN4. The van der Waals surface area contributed by atoms with E-state index in [1.165, 1.54) is 6.33 Å². The number of rotatable bonds is 5. The highest BCUT2D eigenvalue weighted by Crippen LogP contribution is 2.24. The zero-order chi connectivity index (χ0) is 11.5. The number of aryl methyl sites for hydroxylation is 1. The zero-order valence-corrected chi connectivity index (χ0v) is 9.57. The molecule has 0 radical (unpaired) electrons. The van der Waals surface area contributed by atoms with Gasteiger partial charge in [0.2, 0.25) is 0 Å². The van der Waals surface area contributed by atoms with Crippen molar-refractivity contribution in [2.24, 2.45) is 11.7 Å². The van der Waals surface area contributed by atoms with Crippen LogP contribution in [0.25, 0.3) is 0 Å². The molecule has 86 valence electrons. The predicted octanol–water partition coefficient (Wildman–Crippen LogP) is 1.16. The first kappa shape index (κ1) is 12.1. The number of nitrogens with two attached hydrogens (primary N) is 1. The number of nitrogens with zero attached hydrogens (tertiary/aromatic N) is 3. The number of hydrogen-bond donors (Lipinski definition) is 1. The van der Waals surface area contributed by atoms with Gasteiger partial charge < -0.3 is 5.73 Å². The summed E-state index contributed by atoms with van der Waals surface area (Å²) in [6.07, 6.45) is 1.69. The molecule has 0 aliphatic rings. The van der Waals surface area contributed by atoms with Crippen molar-refractivity contribution in [3.63, 3.8) is 0 Å². The average molecular weight is 214 g/mol. The topological polar surface area (TPSA) is 56.7 Å². The minimum atomic E-state index is -1.39. The van der Waals surface area contributed by atoms with E-state index in [9.17, 15) is 4.39 Å². The normalized spacial score (nSPS) is 15.6. The second kappa shape index (κ2) is 4.70. The molecule has 5 heteroatoms. The third-order valence-corrected chi connectivity index (χ3v) is 2.82. The maximum Gasteiger partial charge on any atom is 0.138 e. The summed E-state index contributed by atoms with van der Waals surface area (Å²) >= 11 is 0. The first-order chi connectivity index (χ1) is 7.03. The summed E-state index contributed by atoms with van der Waals surface area (Å²) in [6, 6.07) is 0. The van der Waals surface area contributed by atoms with Crippen molar-refractivity contribution in [1.29, 1.82) is 0 Å². The SMILES string of the molecule is CCn1ncnc1CC(F)(CN)C(C)C. The van der Waals surface area contributed by atoms with Crippen LogP contribution in [0.5, 0.6) is 0 Å². The molecular weight excluding hydrogens is 195 g/mol. The van der Waals surface area contributed by atoms with Gasteiger partial charge in [-0.15, -0.1) is 0 Å². The molecule has 0 aromatic carbocycles. The van der Waals surface area contributed by atoms with Gasteiger partial charge >= 0.3 is 0 Å². The minimum absolute atomic E-state index is 0.0151. The summed E-state index contributed by atoms with van der Waals surface area (Å²) < 4.78 is 16.0. The lowest BCUT2D eigenvalue weighted by Gasteiger charge is -2.27. The third kappa shape index (κ3) is 2.53. The van der Waals surface area contributed by atoms with Gasteiger partial charge in [-0.1, -0.05) is 13.8 Å². The van der Waals surface area contributed by atoms with Gasteiger partial charge in [0.25, 0.3) is 0 Å². The molecule has 1 atom stereocenters. The number of aromatic nitrogens is 3. The Morgan fingerprint density at radius 1 is 1.60 bits per heavy atom. The summed E-state index contributed by atoms with van der Waals surface area (Å²) in [7, 11) is 0. The quantitative estimate of drug-likeness (QED) is 0.800. The fourth-order valence-corrected chi connectivity index (χ4v) is 1.46. The molecule has 0 saturated carbocycles. The van der Waals surface area contributed by atoms with E-state index in [1.807, 2.05) is 20.8 Å². The molecule has 1 heterocycles. The molecule has 1 unspecified atom stereocenters. The summed E-state index contributed by atoms with van der Waals surface area (Å²) in [5.41, 5.74) is 4.09. The van der Waals surface area contributed by atoms with Crippen LogP contribution in [0, 0.1) is 5.92 Å². The second-order valence-corrected chi connectivity index (χ2v) is 4.06. The van der Waals surface area contributed by atoms with Crippen LogP contribution in [0.15, 0.2) is 6.33 Å². The molecule has 0 fully saturated rings. The van der Waals surface area contributed by atoms with Crippen LogP contribution in [-0.2, 0) is 13.0 Å². The van der Waals surface area contributed by atoms with Crippen LogP contribution >= 0.6 is 0 Å². The Morgan fingerprint density at radius 2 is 2.27 bits per heavy atom. The monoisotopic (exact) mass is 214 g/mol. The van der Waals surface area contributed by atoms with Gasteiger partial charge in [0.15, 0.2) is 0 Å². The lowest BCUT2D eigenvalue weighted by Crippen LogP contribution is -2.41. The average Bonchev–Trinajstić information content (AvgIpc) is 2.64. The van der Waals surface area contributed by atoms with Crippen LogP contribution in [0.2, 0.25) is 0 Å². The van der Waals surface area contributed by atoms with Gasteiger partial charge in [0, 0.05) is 19.5 Å². The minimum Gasteiger partial charge on any atom is -0.328 e. The first-order valence-corrected chi connectivity index (χ1v) is 5.29. The Morgan fingerprint density at radius 3 is 2.73 bits per heavy atom. The van der Waals surface area contributed by atoms with E-state index < -0.39 is 5.67 Å². The molecule has 15 heavy (non-hydrogen) atoms. The number of hydrogen-bond acceptors (Lipinski definition) is 3. The summed E-state index contributed by atoms with van der Waals surface area (Å²) in [4.78, 5) is 4.06. The van der Waals surface area contributed by atoms with E-state index in [0.29, 0.717) is 12.4 Å².